The summed E-state index contributed by atoms with van der Waals surface area (Å²) in [6, 6.07) is 10.1. The third-order valence-corrected chi connectivity index (χ3v) is 4.24. The minimum Gasteiger partial charge on any atom is -0.465 e. The minimum atomic E-state index is -0.319. The Bertz CT molecular complexity index is 449. The van der Waals surface area contributed by atoms with E-state index in [1.807, 2.05) is 44.3 Å². The Labute approximate surface area is 127 Å². The van der Waals surface area contributed by atoms with Crippen molar-refractivity contribution in [2.45, 2.75) is 31.8 Å². The lowest BCUT2D eigenvalue weighted by Crippen LogP contribution is -2.41. The lowest BCUT2D eigenvalue weighted by molar-refractivity contribution is -0.149. The quantitative estimate of drug-likeness (QED) is 0.753. The Kier molecular flexibility index (Phi) is 5.76. The SMILES string of the molecule is CCOC(=O)C(c1ccccc1)N(C)CC1CCCN1C. The van der Waals surface area contributed by atoms with Crippen molar-refractivity contribution in [2.24, 2.45) is 0 Å². The molecule has 0 N–H and O–H groups in total. The Morgan fingerprint density at radius 2 is 2.14 bits per heavy atom. The van der Waals surface area contributed by atoms with E-state index >= 15 is 0 Å². The molecule has 1 aliphatic rings. The molecule has 2 rings (SSSR count). The zero-order valence-corrected chi connectivity index (χ0v) is 13.3. The van der Waals surface area contributed by atoms with E-state index < -0.39 is 0 Å². The van der Waals surface area contributed by atoms with Gasteiger partial charge in [-0.05, 0) is 46.0 Å². The first-order valence-electron chi connectivity index (χ1n) is 7.75. The van der Waals surface area contributed by atoms with Crippen LogP contribution in [0.25, 0.3) is 0 Å². The predicted molar refractivity (Wildman–Crippen MR) is 84.1 cm³/mol. The summed E-state index contributed by atoms with van der Waals surface area (Å²) < 4.78 is 5.28. The average Bonchev–Trinajstić information content (AvgIpc) is 2.86. The highest BCUT2D eigenvalue weighted by Gasteiger charge is 2.30. The monoisotopic (exact) mass is 290 g/mol. The van der Waals surface area contributed by atoms with E-state index in [0.717, 1.165) is 18.7 Å². The zero-order chi connectivity index (χ0) is 15.2. The van der Waals surface area contributed by atoms with Crippen LogP contribution in [-0.2, 0) is 9.53 Å². The molecular formula is C17H26N2O2. The van der Waals surface area contributed by atoms with Gasteiger partial charge in [0.2, 0.25) is 0 Å². The van der Waals surface area contributed by atoms with Crippen molar-refractivity contribution in [2.75, 3.05) is 33.8 Å². The van der Waals surface area contributed by atoms with Crippen molar-refractivity contribution < 1.29 is 9.53 Å². The fraction of sp³-hybridized carbons (Fsp3) is 0.588. The summed E-state index contributed by atoms with van der Waals surface area (Å²) in [5, 5.41) is 0. The van der Waals surface area contributed by atoms with Gasteiger partial charge in [-0.1, -0.05) is 30.3 Å². The lowest BCUT2D eigenvalue weighted by atomic mass is 10.0. The Morgan fingerprint density at radius 3 is 2.71 bits per heavy atom. The molecular weight excluding hydrogens is 264 g/mol. The van der Waals surface area contributed by atoms with Crippen molar-refractivity contribution in [3.63, 3.8) is 0 Å². The van der Waals surface area contributed by atoms with E-state index in [2.05, 4.69) is 16.8 Å². The molecule has 2 unspecified atom stereocenters. The molecule has 0 radical (unpaired) electrons. The summed E-state index contributed by atoms with van der Waals surface area (Å²) in [6.45, 7) is 4.30. The van der Waals surface area contributed by atoms with Gasteiger partial charge in [0, 0.05) is 12.6 Å². The molecule has 0 aliphatic carbocycles. The average molecular weight is 290 g/mol. The molecule has 0 aromatic heterocycles. The maximum atomic E-state index is 12.4. The summed E-state index contributed by atoms with van der Waals surface area (Å²) in [5.74, 6) is -0.160. The molecule has 2 atom stereocenters. The number of hydrogen-bond donors (Lipinski definition) is 0. The molecule has 1 aliphatic heterocycles. The van der Waals surface area contributed by atoms with Crippen LogP contribution in [0.4, 0.5) is 0 Å². The molecule has 116 valence electrons. The van der Waals surface area contributed by atoms with Crippen LogP contribution in [0.15, 0.2) is 30.3 Å². The molecule has 1 aromatic rings. The summed E-state index contributed by atoms with van der Waals surface area (Å²) in [4.78, 5) is 16.9. The van der Waals surface area contributed by atoms with Crippen molar-refractivity contribution in [1.29, 1.82) is 0 Å². The van der Waals surface area contributed by atoms with Crippen LogP contribution in [0.2, 0.25) is 0 Å². The number of rotatable bonds is 6. The van der Waals surface area contributed by atoms with Gasteiger partial charge in [-0.3, -0.25) is 4.90 Å². The number of benzene rings is 1. The predicted octanol–water partition coefficient (Wildman–Crippen LogP) is 2.32. The number of carbonyl (C=O) groups excluding carboxylic acids is 1. The standard InChI is InChI=1S/C17H26N2O2/c1-4-21-17(20)16(14-9-6-5-7-10-14)19(3)13-15-11-8-12-18(15)2/h5-7,9-10,15-16H,4,8,11-13H2,1-3H3. The maximum absolute atomic E-state index is 12.4. The second kappa shape index (κ2) is 7.57. The molecule has 1 heterocycles. The number of nitrogens with zero attached hydrogens (tertiary/aromatic N) is 2. The molecule has 4 heteroatoms. The van der Waals surface area contributed by atoms with Crippen LogP contribution >= 0.6 is 0 Å². The van der Waals surface area contributed by atoms with Crippen LogP contribution in [0.3, 0.4) is 0 Å². The Morgan fingerprint density at radius 1 is 1.43 bits per heavy atom. The molecule has 1 fully saturated rings. The number of likely N-dealkylation sites (N-methyl/N-ethyl adjacent to an activating group) is 2. The second-order valence-electron chi connectivity index (χ2n) is 5.78. The maximum Gasteiger partial charge on any atom is 0.327 e. The van der Waals surface area contributed by atoms with E-state index in [1.54, 1.807) is 0 Å². The van der Waals surface area contributed by atoms with Crippen molar-refractivity contribution in [3.05, 3.63) is 35.9 Å². The third-order valence-electron chi connectivity index (χ3n) is 4.24. The van der Waals surface area contributed by atoms with E-state index in [1.165, 1.54) is 12.8 Å². The fourth-order valence-corrected chi connectivity index (χ4v) is 3.07. The van der Waals surface area contributed by atoms with Gasteiger partial charge in [-0.2, -0.15) is 0 Å². The van der Waals surface area contributed by atoms with Crippen LogP contribution < -0.4 is 0 Å². The van der Waals surface area contributed by atoms with Gasteiger partial charge in [-0.15, -0.1) is 0 Å². The topological polar surface area (TPSA) is 32.8 Å². The van der Waals surface area contributed by atoms with Crippen LogP contribution in [-0.4, -0.2) is 55.6 Å². The van der Waals surface area contributed by atoms with Gasteiger partial charge in [0.05, 0.1) is 6.61 Å². The zero-order valence-electron chi connectivity index (χ0n) is 13.3. The molecule has 0 spiro atoms. The first-order valence-corrected chi connectivity index (χ1v) is 7.75. The lowest BCUT2D eigenvalue weighted by Gasteiger charge is -2.31. The largest absolute Gasteiger partial charge is 0.465 e. The Hall–Kier alpha value is -1.39. The van der Waals surface area contributed by atoms with Crippen molar-refractivity contribution in [3.8, 4) is 0 Å². The van der Waals surface area contributed by atoms with Gasteiger partial charge in [0.15, 0.2) is 0 Å². The minimum absolute atomic E-state index is 0.160. The Balaban J connectivity index is 2.12. The highest BCUT2D eigenvalue weighted by atomic mass is 16.5. The molecule has 1 aromatic carbocycles. The first kappa shape index (κ1) is 16.0. The van der Waals surface area contributed by atoms with Gasteiger partial charge < -0.3 is 9.64 Å². The van der Waals surface area contributed by atoms with E-state index in [0.29, 0.717) is 12.6 Å². The van der Waals surface area contributed by atoms with Crippen LogP contribution in [0.1, 0.15) is 31.4 Å². The first-order chi connectivity index (χ1) is 10.1. The van der Waals surface area contributed by atoms with E-state index in [-0.39, 0.29) is 12.0 Å². The highest BCUT2D eigenvalue weighted by Crippen LogP contribution is 2.24. The molecule has 0 amide bonds. The van der Waals surface area contributed by atoms with Gasteiger partial charge in [0.1, 0.15) is 6.04 Å². The fourth-order valence-electron chi connectivity index (χ4n) is 3.07. The molecule has 1 saturated heterocycles. The number of ether oxygens (including phenoxy) is 1. The third kappa shape index (κ3) is 4.05. The van der Waals surface area contributed by atoms with Crippen LogP contribution in [0.5, 0.6) is 0 Å². The molecule has 0 bridgehead atoms. The van der Waals surface area contributed by atoms with E-state index in [4.69, 9.17) is 4.74 Å². The second-order valence-corrected chi connectivity index (χ2v) is 5.78. The van der Waals surface area contributed by atoms with Crippen LogP contribution in [0, 0.1) is 0 Å². The van der Waals surface area contributed by atoms with Crippen molar-refractivity contribution in [1.82, 2.24) is 9.80 Å². The molecule has 0 saturated carbocycles. The summed E-state index contributed by atoms with van der Waals surface area (Å²) in [7, 11) is 4.17. The van der Waals surface area contributed by atoms with E-state index in [9.17, 15) is 4.79 Å². The number of carbonyl (C=O) groups is 1. The smallest absolute Gasteiger partial charge is 0.327 e. The molecule has 4 nitrogen and oxygen atoms in total. The number of hydrogen-bond acceptors (Lipinski definition) is 4. The number of likely N-dealkylation sites (tertiary alicyclic amines) is 1. The van der Waals surface area contributed by atoms with Crippen molar-refractivity contribution >= 4 is 5.97 Å². The summed E-state index contributed by atoms with van der Waals surface area (Å²) in [5.41, 5.74) is 0.999. The summed E-state index contributed by atoms with van der Waals surface area (Å²) >= 11 is 0. The highest BCUT2D eigenvalue weighted by molar-refractivity contribution is 5.77. The summed E-state index contributed by atoms with van der Waals surface area (Å²) in [6.07, 6.45) is 2.44. The molecule has 21 heavy (non-hydrogen) atoms. The van der Waals surface area contributed by atoms with Gasteiger partial charge in [-0.25, -0.2) is 4.79 Å². The normalized spacial score (nSPS) is 20.7. The number of esters is 1. The van der Waals surface area contributed by atoms with Gasteiger partial charge >= 0.3 is 5.97 Å². The van der Waals surface area contributed by atoms with Gasteiger partial charge in [0.25, 0.3) is 0 Å².